The molecule has 0 saturated heterocycles. The molecule has 1 amide bonds. The lowest BCUT2D eigenvalue weighted by Gasteiger charge is -2.10. The molecule has 8 heteroatoms. The number of sulfonamides is 1. The molecule has 0 saturated carbocycles. The van der Waals surface area contributed by atoms with Crippen LogP contribution in [0.25, 0.3) is 11.0 Å². The highest BCUT2D eigenvalue weighted by Crippen LogP contribution is 2.22. The van der Waals surface area contributed by atoms with Crippen LogP contribution >= 0.6 is 11.6 Å². The third kappa shape index (κ3) is 4.31. The van der Waals surface area contributed by atoms with Crippen molar-refractivity contribution in [1.29, 1.82) is 0 Å². The van der Waals surface area contributed by atoms with Crippen molar-refractivity contribution in [3.63, 3.8) is 0 Å². The first kappa shape index (κ1) is 19.4. The Balaban J connectivity index is 1.97. The Labute approximate surface area is 163 Å². The van der Waals surface area contributed by atoms with Gasteiger partial charge in [-0.1, -0.05) is 36.7 Å². The molecule has 1 heterocycles. The van der Waals surface area contributed by atoms with Crippen LogP contribution in [0.2, 0.25) is 5.02 Å². The van der Waals surface area contributed by atoms with Crippen LogP contribution < -0.4 is 4.72 Å². The molecule has 3 rings (SSSR count). The average molecular weight is 406 g/mol. The van der Waals surface area contributed by atoms with Crippen LogP contribution in [0.1, 0.15) is 35.1 Å². The molecule has 3 aromatic rings. The highest BCUT2D eigenvalue weighted by molar-refractivity contribution is 7.90. The maximum atomic E-state index is 12.4. The highest BCUT2D eigenvalue weighted by Gasteiger charge is 2.17. The van der Waals surface area contributed by atoms with Crippen LogP contribution in [-0.4, -0.2) is 29.6 Å². The van der Waals surface area contributed by atoms with Gasteiger partial charge in [0.25, 0.3) is 5.91 Å². The van der Waals surface area contributed by atoms with E-state index in [-0.39, 0.29) is 11.3 Å². The van der Waals surface area contributed by atoms with Crippen molar-refractivity contribution >= 4 is 38.6 Å². The molecule has 2 aromatic carbocycles. The summed E-state index contributed by atoms with van der Waals surface area (Å²) >= 11 is 6.26. The van der Waals surface area contributed by atoms with Crippen molar-refractivity contribution in [2.24, 2.45) is 0 Å². The number of rotatable bonds is 6. The van der Waals surface area contributed by atoms with Gasteiger partial charge in [0.15, 0.2) is 0 Å². The average Bonchev–Trinajstić information content (AvgIpc) is 2.91. The molecule has 0 aliphatic rings. The van der Waals surface area contributed by atoms with Gasteiger partial charge in [0.1, 0.15) is 5.82 Å². The van der Waals surface area contributed by atoms with E-state index in [0.717, 1.165) is 22.4 Å². The molecule has 0 atom stereocenters. The number of halogens is 1. The minimum absolute atomic E-state index is 0.0927. The molecule has 27 heavy (non-hydrogen) atoms. The molecule has 0 radical (unpaired) electrons. The SMILES string of the molecule is CCCS(=O)(=O)NC(=O)c1ccc2nc(C)n(Cc3ccccc3Cl)c2c1. The molecule has 0 spiro atoms. The van der Waals surface area contributed by atoms with Crippen molar-refractivity contribution in [2.75, 3.05) is 5.75 Å². The smallest absolute Gasteiger partial charge is 0.264 e. The topological polar surface area (TPSA) is 81.1 Å². The summed E-state index contributed by atoms with van der Waals surface area (Å²) in [4.78, 5) is 16.9. The Kier molecular flexibility index (Phi) is 5.53. The second kappa shape index (κ2) is 7.70. The summed E-state index contributed by atoms with van der Waals surface area (Å²) in [5.74, 6) is 0.0411. The number of hydrogen-bond donors (Lipinski definition) is 1. The maximum absolute atomic E-state index is 12.4. The first-order chi connectivity index (χ1) is 12.8. The largest absolute Gasteiger partial charge is 0.324 e. The Morgan fingerprint density at radius 2 is 1.96 bits per heavy atom. The molecule has 0 bridgehead atoms. The molecule has 0 aliphatic carbocycles. The third-order valence-corrected chi connectivity index (χ3v) is 6.02. The summed E-state index contributed by atoms with van der Waals surface area (Å²) in [5.41, 5.74) is 2.67. The van der Waals surface area contributed by atoms with E-state index in [0.29, 0.717) is 18.0 Å². The zero-order valence-electron chi connectivity index (χ0n) is 15.1. The van der Waals surface area contributed by atoms with Crippen molar-refractivity contribution < 1.29 is 13.2 Å². The van der Waals surface area contributed by atoms with Crippen molar-refractivity contribution in [3.8, 4) is 0 Å². The van der Waals surface area contributed by atoms with E-state index in [1.807, 2.05) is 35.8 Å². The molecule has 142 valence electrons. The Bertz CT molecular complexity index is 1110. The molecule has 1 aromatic heterocycles. The number of carbonyl (C=O) groups excluding carboxylic acids is 1. The summed E-state index contributed by atoms with van der Waals surface area (Å²) in [7, 11) is -3.63. The quantitative estimate of drug-likeness (QED) is 0.680. The van der Waals surface area contributed by atoms with Crippen molar-refractivity contribution in [2.45, 2.75) is 26.8 Å². The second-order valence-electron chi connectivity index (χ2n) is 6.29. The Morgan fingerprint density at radius 3 is 2.67 bits per heavy atom. The normalized spacial score (nSPS) is 11.7. The lowest BCUT2D eigenvalue weighted by atomic mass is 10.2. The summed E-state index contributed by atoms with van der Waals surface area (Å²) in [6.45, 7) is 4.12. The zero-order valence-corrected chi connectivity index (χ0v) is 16.6. The van der Waals surface area contributed by atoms with Gasteiger partial charge in [-0.15, -0.1) is 0 Å². The molecule has 0 fully saturated rings. The number of fused-ring (bicyclic) bond motifs is 1. The van der Waals surface area contributed by atoms with E-state index in [4.69, 9.17) is 11.6 Å². The molecule has 0 unspecified atom stereocenters. The molecule has 0 aliphatic heterocycles. The second-order valence-corrected chi connectivity index (χ2v) is 8.54. The fraction of sp³-hybridized carbons (Fsp3) is 0.263. The number of hydrogen-bond acceptors (Lipinski definition) is 4. The van der Waals surface area contributed by atoms with Gasteiger partial charge in [-0.25, -0.2) is 18.1 Å². The van der Waals surface area contributed by atoms with Crippen LogP contribution in [0.15, 0.2) is 42.5 Å². The lowest BCUT2D eigenvalue weighted by molar-refractivity contribution is 0.0981. The van der Waals surface area contributed by atoms with Gasteiger partial charge >= 0.3 is 0 Å². The Morgan fingerprint density at radius 1 is 1.22 bits per heavy atom. The third-order valence-electron chi connectivity index (χ3n) is 4.21. The van der Waals surface area contributed by atoms with Gasteiger partial charge in [0.2, 0.25) is 10.0 Å². The summed E-state index contributed by atoms with van der Waals surface area (Å²) in [6, 6.07) is 12.5. The fourth-order valence-electron chi connectivity index (χ4n) is 2.90. The van der Waals surface area contributed by atoms with E-state index in [9.17, 15) is 13.2 Å². The standard InChI is InChI=1S/C19H20ClN3O3S/c1-3-10-27(25,26)22-19(24)14-8-9-17-18(11-14)23(13(2)21-17)12-15-6-4-5-7-16(15)20/h4-9,11H,3,10,12H2,1-2H3,(H,22,24). The molecule has 1 N–H and O–H groups in total. The minimum Gasteiger partial charge on any atom is -0.324 e. The van der Waals surface area contributed by atoms with Crippen LogP contribution in [0.3, 0.4) is 0 Å². The van der Waals surface area contributed by atoms with Crippen LogP contribution in [0.5, 0.6) is 0 Å². The van der Waals surface area contributed by atoms with Crippen molar-refractivity contribution in [3.05, 3.63) is 64.4 Å². The number of nitrogens with zero attached hydrogens (tertiary/aromatic N) is 2. The first-order valence-corrected chi connectivity index (χ1v) is 10.6. The van der Waals surface area contributed by atoms with E-state index in [2.05, 4.69) is 9.71 Å². The number of amides is 1. The van der Waals surface area contributed by atoms with Gasteiger partial charge in [-0.05, 0) is 43.2 Å². The summed E-state index contributed by atoms with van der Waals surface area (Å²) < 4.78 is 27.8. The number of aromatic nitrogens is 2. The number of benzene rings is 2. The molecular formula is C19H20ClN3O3S. The van der Waals surface area contributed by atoms with Gasteiger partial charge in [-0.2, -0.15) is 0 Å². The predicted molar refractivity (Wildman–Crippen MR) is 107 cm³/mol. The molecule has 6 nitrogen and oxygen atoms in total. The van der Waals surface area contributed by atoms with Crippen molar-refractivity contribution in [1.82, 2.24) is 14.3 Å². The monoisotopic (exact) mass is 405 g/mol. The van der Waals surface area contributed by atoms with Gasteiger partial charge < -0.3 is 4.57 Å². The zero-order chi connectivity index (χ0) is 19.6. The molecular weight excluding hydrogens is 386 g/mol. The minimum atomic E-state index is -3.63. The fourth-order valence-corrected chi connectivity index (χ4v) is 4.14. The summed E-state index contributed by atoms with van der Waals surface area (Å²) in [5, 5.41) is 0.651. The van der Waals surface area contributed by atoms with Gasteiger partial charge in [0, 0.05) is 10.6 Å². The summed E-state index contributed by atoms with van der Waals surface area (Å²) in [6.07, 6.45) is 0.436. The number of aryl methyl sites for hydroxylation is 1. The number of carbonyl (C=O) groups is 1. The van der Waals surface area contributed by atoms with Gasteiger partial charge in [0.05, 0.1) is 23.3 Å². The predicted octanol–water partition coefficient (Wildman–Crippen LogP) is 3.52. The van der Waals surface area contributed by atoms with Crippen LogP contribution in [-0.2, 0) is 16.6 Å². The van der Waals surface area contributed by atoms with E-state index >= 15 is 0 Å². The lowest BCUT2D eigenvalue weighted by Crippen LogP contribution is -2.32. The number of nitrogens with one attached hydrogen (secondary N) is 1. The van der Waals surface area contributed by atoms with Crippen LogP contribution in [0.4, 0.5) is 0 Å². The van der Waals surface area contributed by atoms with Crippen LogP contribution in [0, 0.1) is 6.92 Å². The number of imidazole rings is 1. The van der Waals surface area contributed by atoms with E-state index in [1.54, 1.807) is 25.1 Å². The Hall–Kier alpha value is -2.38. The maximum Gasteiger partial charge on any atom is 0.264 e. The van der Waals surface area contributed by atoms with E-state index in [1.165, 1.54) is 0 Å². The first-order valence-electron chi connectivity index (χ1n) is 8.56. The van der Waals surface area contributed by atoms with Gasteiger partial charge in [-0.3, -0.25) is 4.79 Å². The van der Waals surface area contributed by atoms with E-state index < -0.39 is 15.9 Å². The highest BCUT2D eigenvalue weighted by atomic mass is 35.5.